The van der Waals surface area contributed by atoms with Crippen molar-refractivity contribution >= 4 is 5.69 Å². The van der Waals surface area contributed by atoms with Gasteiger partial charge in [0.15, 0.2) is 0 Å². The summed E-state index contributed by atoms with van der Waals surface area (Å²) in [6, 6.07) is 7.97. The fraction of sp³-hybridized carbons (Fsp3) is 0.500. The highest BCUT2D eigenvalue weighted by molar-refractivity contribution is 5.52. The molecule has 76 valence electrons. The molecule has 1 aromatic rings. The number of aliphatic hydroxyl groups excluding tert-OH is 1. The Kier molecular flexibility index (Phi) is 2.73. The highest BCUT2D eigenvalue weighted by Gasteiger charge is 2.21. The van der Waals surface area contributed by atoms with Crippen molar-refractivity contribution in [1.29, 1.82) is 0 Å². The number of aliphatic hydroxyl groups is 1. The summed E-state index contributed by atoms with van der Waals surface area (Å²) in [4.78, 5) is 0. The third-order valence-electron chi connectivity index (χ3n) is 2.69. The normalized spacial score (nSPS) is 17.9. The summed E-state index contributed by atoms with van der Waals surface area (Å²) in [5.74, 6) is 0.858. The number of rotatable bonds is 4. The van der Waals surface area contributed by atoms with Crippen LogP contribution >= 0.6 is 0 Å². The molecule has 1 aliphatic carbocycles. The molecule has 0 aromatic heterocycles. The van der Waals surface area contributed by atoms with Crippen LogP contribution in [0, 0.1) is 5.92 Å². The van der Waals surface area contributed by atoms with Crippen LogP contribution in [0.25, 0.3) is 0 Å². The summed E-state index contributed by atoms with van der Waals surface area (Å²) in [7, 11) is 0. The fourth-order valence-corrected chi connectivity index (χ4v) is 1.60. The number of hydrogen-bond acceptors (Lipinski definition) is 2. The Morgan fingerprint density at radius 3 is 2.79 bits per heavy atom. The first-order chi connectivity index (χ1) is 6.77. The summed E-state index contributed by atoms with van der Waals surface area (Å²) in [5.41, 5.74) is 2.07. The molecule has 14 heavy (non-hydrogen) atoms. The van der Waals surface area contributed by atoms with Crippen LogP contribution in [0.15, 0.2) is 24.3 Å². The van der Waals surface area contributed by atoms with Crippen LogP contribution in [-0.2, 0) is 0 Å². The van der Waals surface area contributed by atoms with E-state index in [0.29, 0.717) is 0 Å². The van der Waals surface area contributed by atoms with E-state index in [1.54, 1.807) is 6.92 Å². The SMILES string of the molecule is CC(O)c1ccccc1NCC1CC1. The first kappa shape index (κ1) is 9.53. The summed E-state index contributed by atoms with van der Waals surface area (Å²) < 4.78 is 0. The predicted octanol–water partition coefficient (Wildman–Crippen LogP) is 2.56. The quantitative estimate of drug-likeness (QED) is 0.766. The highest BCUT2D eigenvalue weighted by atomic mass is 16.3. The molecule has 1 aromatic carbocycles. The Balaban J connectivity index is 2.05. The van der Waals surface area contributed by atoms with Crippen LogP contribution in [-0.4, -0.2) is 11.7 Å². The number of benzene rings is 1. The van der Waals surface area contributed by atoms with Crippen molar-refractivity contribution in [2.45, 2.75) is 25.9 Å². The van der Waals surface area contributed by atoms with Gasteiger partial charge in [0.25, 0.3) is 0 Å². The molecule has 2 heteroatoms. The van der Waals surface area contributed by atoms with Gasteiger partial charge in [-0.1, -0.05) is 18.2 Å². The first-order valence-electron chi connectivity index (χ1n) is 5.28. The first-order valence-corrected chi connectivity index (χ1v) is 5.28. The van der Waals surface area contributed by atoms with Gasteiger partial charge in [-0.2, -0.15) is 0 Å². The van der Waals surface area contributed by atoms with Gasteiger partial charge in [-0.25, -0.2) is 0 Å². The summed E-state index contributed by atoms with van der Waals surface area (Å²) >= 11 is 0. The molecular weight excluding hydrogens is 174 g/mol. The zero-order chi connectivity index (χ0) is 9.97. The maximum atomic E-state index is 9.55. The van der Waals surface area contributed by atoms with E-state index in [0.717, 1.165) is 23.7 Å². The lowest BCUT2D eigenvalue weighted by atomic mass is 10.1. The smallest absolute Gasteiger partial charge is 0.0781 e. The molecule has 2 rings (SSSR count). The van der Waals surface area contributed by atoms with Gasteiger partial charge in [0.1, 0.15) is 0 Å². The molecule has 0 radical (unpaired) electrons. The Morgan fingerprint density at radius 2 is 2.14 bits per heavy atom. The number of para-hydroxylation sites is 1. The van der Waals surface area contributed by atoms with Crippen LogP contribution < -0.4 is 5.32 Å². The lowest BCUT2D eigenvalue weighted by Gasteiger charge is -2.13. The second-order valence-electron chi connectivity index (χ2n) is 4.09. The molecule has 1 aliphatic rings. The lowest BCUT2D eigenvalue weighted by molar-refractivity contribution is 0.200. The predicted molar refractivity (Wildman–Crippen MR) is 58.3 cm³/mol. The number of anilines is 1. The Morgan fingerprint density at radius 1 is 1.43 bits per heavy atom. The van der Waals surface area contributed by atoms with Crippen molar-refractivity contribution in [2.75, 3.05) is 11.9 Å². The van der Waals surface area contributed by atoms with Crippen LogP contribution in [0.2, 0.25) is 0 Å². The van der Waals surface area contributed by atoms with Crippen LogP contribution in [0.1, 0.15) is 31.4 Å². The fourth-order valence-electron chi connectivity index (χ4n) is 1.60. The Labute approximate surface area is 85.0 Å². The molecule has 1 fully saturated rings. The molecule has 0 amide bonds. The van der Waals surface area contributed by atoms with Crippen molar-refractivity contribution in [3.8, 4) is 0 Å². The zero-order valence-corrected chi connectivity index (χ0v) is 8.53. The molecule has 0 spiro atoms. The molecular formula is C12H17NO. The Hall–Kier alpha value is -1.02. The molecule has 0 saturated heterocycles. The Bertz CT molecular complexity index is 305. The minimum atomic E-state index is -0.391. The van der Waals surface area contributed by atoms with Gasteiger partial charge >= 0.3 is 0 Å². The molecule has 1 atom stereocenters. The molecule has 0 aliphatic heterocycles. The van der Waals surface area contributed by atoms with E-state index in [2.05, 4.69) is 5.32 Å². The highest BCUT2D eigenvalue weighted by Crippen LogP contribution is 2.30. The second kappa shape index (κ2) is 4.01. The standard InChI is InChI=1S/C12H17NO/c1-9(14)11-4-2-3-5-12(11)13-8-10-6-7-10/h2-5,9-10,13-14H,6-8H2,1H3. The van der Waals surface area contributed by atoms with Crippen molar-refractivity contribution in [2.24, 2.45) is 5.92 Å². The maximum Gasteiger partial charge on any atom is 0.0781 e. The third kappa shape index (κ3) is 2.26. The largest absolute Gasteiger partial charge is 0.389 e. The van der Waals surface area contributed by atoms with Gasteiger partial charge in [-0.15, -0.1) is 0 Å². The summed E-state index contributed by atoms with van der Waals surface area (Å²) in [6.07, 6.45) is 2.31. The van der Waals surface area contributed by atoms with E-state index >= 15 is 0 Å². The van der Waals surface area contributed by atoms with E-state index in [9.17, 15) is 5.11 Å². The van der Waals surface area contributed by atoms with Crippen molar-refractivity contribution < 1.29 is 5.11 Å². The lowest BCUT2D eigenvalue weighted by Crippen LogP contribution is -2.06. The molecule has 1 unspecified atom stereocenters. The van der Waals surface area contributed by atoms with E-state index in [1.165, 1.54) is 12.8 Å². The van der Waals surface area contributed by atoms with Gasteiger partial charge in [0.2, 0.25) is 0 Å². The average molecular weight is 191 g/mol. The van der Waals surface area contributed by atoms with Gasteiger partial charge in [-0.3, -0.25) is 0 Å². The number of nitrogens with one attached hydrogen (secondary N) is 1. The van der Waals surface area contributed by atoms with Crippen LogP contribution in [0.3, 0.4) is 0 Å². The van der Waals surface area contributed by atoms with E-state index in [1.807, 2.05) is 24.3 Å². The topological polar surface area (TPSA) is 32.3 Å². The summed E-state index contributed by atoms with van der Waals surface area (Å²) in [6.45, 7) is 2.85. The molecule has 0 bridgehead atoms. The monoisotopic (exact) mass is 191 g/mol. The van der Waals surface area contributed by atoms with Gasteiger partial charge in [0.05, 0.1) is 6.10 Å². The maximum absolute atomic E-state index is 9.55. The second-order valence-corrected chi connectivity index (χ2v) is 4.09. The van der Waals surface area contributed by atoms with E-state index in [4.69, 9.17) is 0 Å². The average Bonchev–Trinajstić information content (AvgIpc) is 2.98. The minimum absolute atomic E-state index is 0.391. The number of hydrogen-bond donors (Lipinski definition) is 2. The zero-order valence-electron chi connectivity index (χ0n) is 8.53. The molecule has 2 N–H and O–H groups in total. The molecule has 0 heterocycles. The van der Waals surface area contributed by atoms with Crippen LogP contribution in [0.5, 0.6) is 0 Å². The van der Waals surface area contributed by atoms with Crippen molar-refractivity contribution in [3.05, 3.63) is 29.8 Å². The van der Waals surface area contributed by atoms with Gasteiger partial charge in [-0.05, 0) is 31.7 Å². The van der Waals surface area contributed by atoms with E-state index < -0.39 is 6.10 Å². The van der Waals surface area contributed by atoms with Gasteiger partial charge < -0.3 is 10.4 Å². The van der Waals surface area contributed by atoms with Crippen molar-refractivity contribution in [3.63, 3.8) is 0 Å². The summed E-state index contributed by atoms with van der Waals surface area (Å²) in [5, 5.41) is 12.9. The molecule has 1 saturated carbocycles. The van der Waals surface area contributed by atoms with Crippen molar-refractivity contribution in [1.82, 2.24) is 0 Å². The van der Waals surface area contributed by atoms with E-state index in [-0.39, 0.29) is 0 Å². The van der Waals surface area contributed by atoms with Gasteiger partial charge in [0, 0.05) is 17.8 Å². The van der Waals surface area contributed by atoms with Crippen LogP contribution in [0.4, 0.5) is 5.69 Å². The minimum Gasteiger partial charge on any atom is -0.389 e. The molecule has 2 nitrogen and oxygen atoms in total. The third-order valence-corrected chi connectivity index (χ3v) is 2.69.